The van der Waals surface area contributed by atoms with E-state index in [-0.39, 0.29) is 43.2 Å². The first-order valence-electron chi connectivity index (χ1n) is 8.93. The summed E-state index contributed by atoms with van der Waals surface area (Å²) in [5.74, 6) is 0.119. The average molecular weight is 445 g/mol. The summed E-state index contributed by atoms with van der Waals surface area (Å²) in [5.41, 5.74) is 7.01. The lowest BCUT2D eigenvalue weighted by Gasteiger charge is -2.26. The molecule has 1 aliphatic heterocycles. The molecular formula is C19H26Cl2N4O4. The fraction of sp³-hybridized carbons (Fsp3) is 0.368. The van der Waals surface area contributed by atoms with Gasteiger partial charge in [-0.3, -0.25) is 14.5 Å². The highest BCUT2D eigenvalue weighted by Crippen LogP contribution is 2.13. The number of hydrogen-bond donors (Lipinski definition) is 3. The first-order chi connectivity index (χ1) is 13.2. The summed E-state index contributed by atoms with van der Waals surface area (Å²) in [6.45, 7) is 4.91. The number of carbonyl (C=O) groups is 2. The van der Waals surface area contributed by atoms with Crippen LogP contribution < -0.4 is 16.4 Å². The van der Waals surface area contributed by atoms with Gasteiger partial charge in [0.2, 0.25) is 0 Å². The van der Waals surface area contributed by atoms with E-state index < -0.39 is 0 Å². The zero-order valence-corrected chi connectivity index (χ0v) is 17.5. The number of benzene rings is 1. The second kappa shape index (κ2) is 12.5. The summed E-state index contributed by atoms with van der Waals surface area (Å²) < 4.78 is 10.5. The Morgan fingerprint density at radius 2 is 1.72 bits per heavy atom. The molecule has 2 amide bonds. The summed E-state index contributed by atoms with van der Waals surface area (Å²) in [7, 11) is 0. The number of hydrogen-bond acceptors (Lipinski definition) is 6. The third kappa shape index (κ3) is 7.34. The maximum absolute atomic E-state index is 12.2. The number of anilines is 1. The van der Waals surface area contributed by atoms with E-state index in [1.165, 1.54) is 6.26 Å². The number of nitrogens with two attached hydrogens (primary N) is 1. The Morgan fingerprint density at radius 3 is 2.34 bits per heavy atom. The SMILES string of the molecule is Cl.Cl.NCc1cc(C(=O)Nc2ccc(C(=O)NCCN3CCOCC3)cc2)co1. The van der Waals surface area contributed by atoms with E-state index in [9.17, 15) is 9.59 Å². The van der Waals surface area contributed by atoms with Gasteiger partial charge < -0.3 is 25.5 Å². The quantitative estimate of drug-likeness (QED) is 0.601. The van der Waals surface area contributed by atoms with Gasteiger partial charge in [-0.15, -0.1) is 24.8 Å². The lowest BCUT2D eigenvalue weighted by atomic mass is 10.2. The van der Waals surface area contributed by atoms with Crippen LogP contribution in [0.25, 0.3) is 0 Å². The molecule has 0 radical (unpaired) electrons. The van der Waals surface area contributed by atoms with Crippen LogP contribution in [0.15, 0.2) is 41.0 Å². The predicted octanol–water partition coefficient (Wildman–Crippen LogP) is 1.90. The Balaban J connectivity index is 0.00000210. The van der Waals surface area contributed by atoms with Gasteiger partial charge in [0.05, 0.1) is 25.3 Å². The minimum Gasteiger partial charge on any atom is -0.467 e. The number of morpholine rings is 1. The number of halogens is 2. The van der Waals surface area contributed by atoms with E-state index >= 15 is 0 Å². The molecule has 160 valence electrons. The van der Waals surface area contributed by atoms with Crippen LogP contribution in [-0.4, -0.2) is 56.1 Å². The summed E-state index contributed by atoms with van der Waals surface area (Å²) in [4.78, 5) is 26.6. The van der Waals surface area contributed by atoms with Crippen LogP contribution in [0.4, 0.5) is 5.69 Å². The maximum Gasteiger partial charge on any atom is 0.258 e. The van der Waals surface area contributed by atoms with Crippen molar-refractivity contribution in [3.8, 4) is 0 Å². The van der Waals surface area contributed by atoms with Gasteiger partial charge in [-0.1, -0.05) is 0 Å². The highest BCUT2D eigenvalue weighted by Gasteiger charge is 2.12. The maximum atomic E-state index is 12.2. The minimum absolute atomic E-state index is 0. The minimum atomic E-state index is -0.291. The number of furan rings is 1. The van der Waals surface area contributed by atoms with Gasteiger partial charge in [-0.2, -0.15) is 0 Å². The molecule has 2 heterocycles. The monoisotopic (exact) mass is 444 g/mol. The van der Waals surface area contributed by atoms with Crippen molar-refractivity contribution >= 4 is 42.3 Å². The fourth-order valence-electron chi connectivity index (χ4n) is 2.77. The van der Waals surface area contributed by atoms with Gasteiger partial charge in [-0.05, 0) is 30.3 Å². The molecule has 4 N–H and O–H groups in total. The fourth-order valence-corrected chi connectivity index (χ4v) is 2.77. The second-order valence-corrected chi connectivity index (χ2v) is 6.25. The van der Waals surface area contributed by atoms with Gasteiger partial charge in [0.1, 0.15) is 12.0 Å². The molecule has 1 aromatic heterocycles. The van der Waals surface area contributed by atoms with E-state index in [4.69, 9.17) is 14.9 Å². The van der Waals surface area contributed by atoms with Crippen molar-refractivity contribution in [3.05, 3.63) is 53.5 Å². The molecule has 0 aliphatic carbocycles. The van der Waals surface area contributed by atoms with Crippen LogP contribution in [0.5, 0.6) is 0 Å². The van der Waals surface area contributed by atoms with E-state index in [2.05, 4.69) is 15.5 Å². The molecule has 2 aromatic rings. The van der Waals surface area contributed by atoms with Crippen molar-refractivity contribution in [2.24, 2.45) is 5.73 Å². The molecule has 1 aromatic carbocycles. The highest BCUT2D eigenvalue weighted by molar-refractivity contribution is 6.04. The molecular weight excluding hydrogens is 419 g/mol. The molecule has 0 saturated carbocycles. The largest absolute Gasteiger partial charge is 0.467 e. The van der Waals surface area contributed by atoms with Crippen LogP contribution in [0.3, 0.4) is 0 Å². The van der Waals surface area contributed by atoms with Crippen LogP contribution in [0.1, 0.15) is 26.5 Å². The standard InChI is InChI=1S/C19H24N4O4.2ClH/c20-12-17-11-15(13-27-17)19(25)22-16-3-1-14(2-4-16)18(24)21-5-6-23-7-9-26-10-8-23;;/h1-4,11,13H,5-10,12,20H2,(H,21,24)(H,22,25);2*1H. The average Bonchev–Trinajstić information content (AvgIpc) is 3.19. The van der Waals surface area contributed by atoms with Gasteiger partial charge in [-0.25, -0.2) is 0 Å². The highest BCUT2D eigenvalue weighted by atomic mass is 35.5. The first kappa shape index (κ1) is 24.9. The number of amides is 2. The molecule has 8 nitrogen and oxygen atoms in total. The van der Waals surface area contributed by atoms with Crippen molar-refractivity contribution in [2.45, 2.75) is 6.54 Å². The molecule has 29 heavy (non-hydrogen) atoms. The topological polar surface area (TPSA) is 110 Å². The molecule has 0 spiro atoms. The summed E-state index contributed by atoms with van der Waals surface area (Å²) in [6.07, 6.45) is 1.37. The number of nitrogens with one attached hydrogen (secondary N) is 2. The molecule has 1 saturated heterocycles. The number of rotatable bonds is 7. The molecule has 1 fully saturated rings. The van der Waals surface area contributed by atoms with Gasteiger partial charge in [0.25, 0.3) is 11.8 Å². The van der Waals surface area contributed by atoms with Crippen molar-refractivity contribution in [3.63, 3.8) is 0 Å². The molecule has 1 aliphatic rings. The van der Waals surface area contributed by atoms with Crippen LogP contribution in [0.2, 0.25) is 0 Å². The summed E-state index contributed by atoms with van der Waals surface area (Å²) in [6, 6.07) is 8.35. The lowest BCUT2D eigenvalue weighted by Crippen LogP contribution is -2.41. The summed E-state index contributed by atoms with van der Waals surface area (Å²) in [5, 5.41) is 5.67. The first-order valence-corrected chi connectivity index (χ1v) is 8.93. The molecule has 3 rings (SSSR count). The Kier molecular flexibility index (Phi) is 10.7. The zero-order valence-electron chi connectivity index (χ0n) is 15.9. The van der Waals surface area contributed by atoms with Crippen molar-refractivity contribution in [1.82, 2.24) is 10.2 Å². The Bertz CT molecular complexity index is 777. The second-order valence-electron chi connectivity index (χ2n) is 6.25. The van der Waals surface area contributed by atoms with E-state index in [1.807, 2.05) is 0 Å². The van der Waals surface area contributed by atoms with E-state index in [1.54, 1.807) is 30.3 Å². The van der Waals surface area contributed by atoms with Crippen LogP contribution >= 0.6 is 24.8 Å². The molecule has 10 heteroatoms. The Hall–Kier alpha value is -2.10. The van der Waals surface area contributed by atoms with Crippen LogP contribution in [0, 0.1) is 0 Å². The Morgan fingerprint density at radius 1 is 1.03 bits per heavy atom. The summed E-state index contributed by atoms with van der Waals surface area (Å²) >= 11 is 0. The van der Waals surface area contributed by atoms with Crippen molar-refractivity contribution in [2.75, 3.05) is 44.7 Å². The molecule has 0 atom stereocenters. The smallest absolute Gasteiger partial charge is 0.258 e. The van der Waals surface area contributed by atoms with Gasteiger partial charge >= 0.3 is 0 Å². The zero-order chi connectivity index (χ0) is 19.1. The van der Waals surface area contributed by atoms with Gasteiger partial charge in [0, 0.05) is 37.4 Å². The van der Waals surface area contributed by atoms with E-state index in [0.717, 1.165) is 32.8 Å². The number of carbonyl (C=O) groups excluding carboxylic acids is 2. The lowest BCUT2D eigenvalue weighted by molar-refractivity contribution is 0.0383. The number of ether oxygens (including phenoxy) is 1. The third-order valence-corrected chi connectivity index (χ3v) is 4.34. The number of nitrogens with zero attached hydrogens (tertiary/aromatic N) is 1. The molecule has 0 bridgehead atoms. The predicted molar refractivity (Wildman–Crippen MR) is 115 cm³/mol. The van der Waals surface area contributed by atoms with Crippen molar-refractivity contribution in [1.29, 1.82) is 0 Å². The Labute approximate surface area is 182 Å². The van der Waals surface area contributed by atoms with Crippen molar-refractivity contribution < 1.29 is 18.7 Å². The molecule has 0 unspecified atom stereocenters. The van der Waals surface area contributed by atoms with Gasteiger partial charge in [0.15, 0.2) is 0 Å². The van der Waals surface area contributed by atoms with E-state index in [0.29, 0.717) is 29.1 Å². The normalized spacial score (nSPS) is 13.7. The third-order valence-electron chi connectivity index (χ3n) is 4.34. The van der Waals surface area contributed by atoms with Crippen LogP contribution in [-0.2, 0) is 11.3 Å².